The first-order valence-corrected chi connectivity index (χ1v) is 15.1. The first kappa shape index (κ1) is 24.2. The lowest BCUT2D eigenvalue weighted by Gasteiger charge is -2.67. The minimum Gasteiger partial charge on any atom is -0.504 e. The molecule has 1 saturated heterocycles. The van der Waals surface area contributed by atoms with Crippen LogP contribution in [0, 0.1) is 11.8 Å². The summed E-state index contributed by atoms with van der Waals surface area (Å²) in [4.78, 5) is 18.8. The predicted molar refractivity (Wildman–Crippen MR) is 147 cm³/mol. The molecule has 2 aromatic rings. The smallest absolute Gasteiger partial charge is 0.246 e. The van der Waals surface area contributed by atoms with E-state index in [0.717, 1.165) is 46.8 Å². The van der Waals surface area contributed by atoms with E-state index in [1.54, 1.807) is 28.4 Å². The third kappa shape index (κ3) is 3.31. The summed E-state index contributed by atoms with van der Waals surface area (Å²) in [7, 11) is 1.85. The van der Waals surface area contributed by atoms with Gasteiger partial charge in [0, 0.05) is 46.0 Å². The number of piperidine rings is 1. The maximum atomic E-state index is 13.4. The number of hydrogen-bond donors (Lipinski definition) is 2. The number of benzene rings is 1. The summed E-state index contributed by atoms with van der Waals surface area (Å²) >= 11 is 5.05. The van der Waals surface area contributed by atoms with E-state index in [2.05, 4.69) is 27.8 Å². The van der Waals surface area contributed by atoms with Crippen molar-refractivity contribution in [2.75, 3.05) is 20.1 Å². The van der Waals surface area contributed by atoms with Crippen molar-refractivity contribution in [2.24, 2.45) is 11.8 Å². The van der Waals surface area contributed by atoms with Gasteiger partial charge in [-0.05, 0) is 90.2 Å². The molecule has 2 bridgehead atoms. The van der Waals surface area contributed by atoms with E-state index in [-0.39, 0.29) is 29.7 Å². The number of hydrogen-bond acceptors (Lipinski definition) is 6. The van der Waals surface area contributed by atoms with Gasteiger partial charge in [0.15, 0.2) is 11.5 Å². The molecule has 0 radical (unpaired) electrons. The number of ether oxygens (including phenoxy) is 1. The summed E-state index contributed by atoms with van der Waals surface area (Å²) in [6.07, 6.45) is 7.85. The number of phenolic OH excluding ortho intramolecular Hbond substituents is 1. The summed E-state index contributed by atoms with van der Waals surface area (Å²) in [5.41, 5.74) is 0.559. The molecule has 8 heteroatoms. The normalized spacial score (nSPS) is 35.9. The number of aliphatic hydroxyl groups is 1. The van der Waals surface area contributed by atoms with Crippen molar-refractivity contribution in [3.8, 4) is 11.5 Å². The highest BCUT2D eigenvalue weighted by Gasteiger charge is 2.75. The van der Waals surface area contributed by atoms with Crippen molar-refractivity contribution in [3.05, 3.63) is 50.1 Å². The Morgan fingerprint density at radius 3 is 2.92 bits per heavy atom. The summed E-state index contributed by atoms with van der Waals surface area (Å²) in [5.74, 6) is 1.29. The molecular formula is C29H33BrN2O4S. The fraction of sp³-hybridized carbons (Fsp3) is 0.552. The minimum atomic E-state index is -0.976. The van der Waals surface area contributed by atoms with Crippen LogP contribution in [0.5, 0.6) is 11.5 Å². The first-order chi connectivity index (χ1) is 17.7. The van der Waals surface area contributed by atoms with Gasteiger partial charge in [-0.25, -0.2) is 0 Å². The Bertz CT molecular complexity index is 1310. The van der Waals surface area contributed by atoms with Gasteiger partial charge in [-0.2, -0.15) is 0 Å². The Morgan fingerprint density at radius 1 is 1.38 bits per heavy atom. The molecule has 5 aliphatic rings. The highest BCUT2D eigenvalue weighted by Crippen LogP contribution is 2.67. The van der Waals surface area contributed by atoms with Crippen LogP contribution in [0.15, 0.2) is 34.1 Å². The second kappa shape index (κ2) is 8.31. The summed E-state index contributed by atoms with van der Waals surface area (Å²) in [6.45, 7) is 4.11. The molecule has 1 amide bonds. The van der Waals surface area contributed by atoms with Crippen LogP contribution in [-0.2, 0) is 16.6 Å². The summed E-state index contributed by atoms with van der Waals surface area (Å²) in [6, 6.07) is 5.57. The number of rotatable bonds is 5. The summed E-state index contributed by atoms with van der Waals surface area (Å²) in [5, 5.41) is 25.7. The third-order valence-corrected chi connectivity index (χ3v) is 11.6. The van der Waals surface area contributed by atoms with Crippen molar-refractivity contribution in [1.29, 1.82) is 0 Å². The van der Waals surface area contributed by atoms with Crippen LogP contribution in [-0.4, -0.2) is 69.8 Å². The Kier molecular flexibility index (Phi) is 5.43. The molecule has 1 aromatic heterocycles. The molecule has 2 N–H and O–H groups in total. The second-order valence-corrected chi connectivity index (χ2v) is 13.7. The van der Waals surface area contributed by atoms with Gasteiger partial charge in [-0.3, -0.25) is 9.69 Å². The molecule has 1 aromatic carbocycles. The zero-order valence-corrected chi connectivity index (χ0v) is 23.6. The average molecular weight is 586 g/mol. The quantitative estimate of drug-likeness (QED) is 0.504. The van der Waals surface area contributed by atoms with E-state index in [0.29, 0.717) is 12.2 Å². The molecule has 2 aliphatic heterocycles. The zero-order valence-electron chi connectivity index (χ0n) is 21.2. The standard InChI is InChI=1S/C29H33BrN2O4S/c1-16-11-21(31(2)24(34)8-6-20-13-19(30)15-37-20)27-28-9-10-32(14-17-3-4-17)23(29(16,28)35)12-18-5-7-22(33)26(36-27)25(18)28/h5-8,13,15-17,21,23,27,33,35H,3-4,9-12,14H2,1-2H3/b8-6+/t16-,21+,23+,27+,28-,29+/m0/s1. The van der Waals surface area contributed by atoms with Crippen molar-refractivity contribution in [3.63, 3.8) is 0 Å². The van der Waals surface area contributed by atoms with Crippen LogP contribution in [0.25, 0.3) is 6.08 Å². The molecule has 2 saturated carbocycles. The Balaban J connectivity index is 1.29. The number of likely N-dealkylation sites (N-methyl/N-ethyl adjacent to an activating group) is 1. The van der Waals surface area contributed by atoms with Gasteiger partial charge in [0.1, 0.15) is 6.10 Å². The Morgan fingerprint density at radius 2 is 2.19 bits per heavy atom. The molecule has 7 rings (SSSR count). The van der Waals surface area contributed by atoms with E-state index in [9.17, 15) is 15.0 Å². The topological polar surface area (TPSA) is 73.2 Å². The first-order valence-electron chi connectivity index (χ1n) is 13.4. The number of likely N-dealkylation sites (tertiary alicyclic amines) is 1. The van der Waals surface area contributed by atoms with Gasteiger partial charge in [-0.15, -0.1) is 11.3 Å². The van der Waals surface area contributed by atoms with Crippen molar-refractivity contribution >= 4 is 39.2 Å². The number of amides is 1. The highest BCUT2D eigenvalue weighted by molar-refractivity contribution is 9.10. The van der Waals surface area contributed by atoms with Crippen LogP contribution in [0.2, 0.25) is 0 Å². The van der Waals surface area contributed by atoms with Crippen LogP contribution in [0.4, 0.5) is 0 Å². The Hall–Kier alpha value is -1.87. The van der Waals surface area contributed by atoms with Crippen molar-refractivity contribution < 1.29 is 19.7 Å². The highest BCUT2D eigenvalue weighted by atomic mass is 79.9. The third-order valence-electron chi connectivity index (χ3n) is 9.98. The number of carbonyl (C=O) groups is 1. The van der Waals surface area contributed by atoms with Gasteiger partial charge >= 0.3 is 0 Å². The van der Waals surface area contributed by atoms with Gasteiger partial charge in [0.2, 0.25) is 5.91 Å². The second-order valence-electron chi connectivity index (χ2n) is 11.8. The molecule has 0 unspecified atom stereocenters. The van der Waals surface area contributed by atoms with Gasteiger partial charge in [-0.1, -0.05) is 13.0 Å². The monoisotopic (exact) mass is 584 g/mol. The number of aromatic hydroxyl groups is 1. The van der Waals surface area contributed by atoms with Crippen molar-refractivity contribution in [2.45, 2.75) is 68.2 Å². The fourth-order valence-corrected chi connectivity index (χ4v) is 9.44. The van der Waals surface area contributed by atoms with Gasteiger partial charge < -0.3 is 19.8 Å². The van der Waals surface area contributed by atoms with Crippen LogP contribution < -0.4 is 4.74 Å². The maximum Gasteiger partial charge on any atom is 0.246 e. The van der Waals surface area contributed by atoms with E-state index in [1.807, 2.05) is 30.6 Å². The van der Waals surface area contributed by atoms with Crippen LogP contribution in [0.3, 0.4) is 0 Å². The molecule has 37 heavy (non-hydrogen) atoms. The average Bonchev–Trinajstić information content (AvgIpc) is 3.48. The number of halogens is 1. The number of carbonyl (C=O) groups excluding carboxylic acids is 1. The fourth-order valence-electron chi connectivity index (χ4n) is 8.10. The van der Waals surface area contributed by atoms with E-state index < -0.39 is 17.1 Å². The molecule has 1 spiro atoms. The summed E-state index contributed by atoms with van der Waals surface area (Å²) < 4.78 is 7.66. The molecule has 6 atom stereocenters. The van der Waals surface area contributed by atoms with Gasteiger partial charge in [0.05, 0.1) is 17.1 Å². The van der Waals surface area contributed by atoms with Gasteiger partial charge in [0.25, 0.3) is 0 Å². The lowest BCUT2D eigenvalue weighted by atomic mass is 9.45. The predicted octanol–water partition coefficient (Wildman–Crippen LogP) is 4.57. The molecule has 3 aliphatic carbocycles. The maximum absolute atomic E-state index is 13.4. The number of phenols is 1. The molecule has 3 fully saturated rings. The number of thiophene rings is 1. The minimum absolute atomic E-state index is 0.0186. The molecule has 6 nitrogen and oxygen atoms in total. The largest absolute Gasteiger partial charge is 0.504 e. The van der Waals surface area contributed by atoms with Crippen LogP contribution in [0.1, 0.15) is 48.6 Å². The molecule has 3 heterocycles. The molecular weight excluding hydrogens is 552 g/mol. The number of nitrogens with zero attached hydrogens (tertiary/aromatic N) is 2. The van der Waals surface area contributed by atoms with Crippen LogP contribution >= 0.6 is 27.3 Å². The van der Waals surface area contributed by atoms with E-state index >= 15 is 0 Å². The van der Waals surface area contributed by atoms with E-state index in [1.165, 1.54) is 18.4 Å². The van der Waals surface area contributed by atoms with E-state index in [4.69, 9.17) is 4.74 Å². The zero-order chi connectivity index (χ0) is 25.7. The Labute approximate surface area is 230 Å². The molecule has 196 valence electrons. The lowest BCUT2D eigenvalue weighted by molar-refractivity contribution is -0.224. The SMILES string of the molecule is C[C@H]1C[C@@H](N(C)C(=O)/C=C/c2cc(Br)cs2)[C@H]2Oc3c(O)ccc4c3[C@@]23CCN(CC2CC2)[C@H](C4)[C@]13O. The lowest BCUT2D eigenvalue weighted by Crippen LogP contribution is -2.80. The van der Waals surface area contributed by atoms with Crippen molar-refractivity contribution in [1.82, 2.24) is 9.80 Å².